The van der Waals surface area contributed by atoms with E-state index in [4.69, 9.17) is 17.2 Å². The molecular formula is C8H12N4O2. The fraction of sp³-hybridized carbons (Fsp3) is 0.250. The first-order valence-electron chi connectivity index (χ1n) is 4.05. The topological polar surface area (TPSA) is 121 Å². The van der Waals surface area contributed by atoms with E-state index in [0.717, 1.165) is 0 Å². The third-order valence-electron chi connectivity index (χ3n) is 1.93. The van der Waals surface area contributed by atoms with Gasteiger partial charge in [0.25, 0.3) is 5.69 Å². The summed E-state index contributed by atoms with van der Waals surface area (Å²) in [7, 11) is 0. The molecule has 76 valence electrons. The van der Waals surface area contributed by atoms with Crippen LogP contribution in [0.25, 0.3) is 0 Å². The van der Waals surface area contributed by atoms with Gasteiger partial charge in [0.2, 0.25) is 0 Å². The maximum atomic E-state index is 10.5. The molecule has 0 bridgehead atoms. The van der Waals surface area contributed by atoms with E-state index in [-0.39, 0.29) is 12.2 Å². The maximum absolute atomic E-state index is 10.5. The summed E-state index contributed by atoms with van der Waals surface area (Å²) in [5.41, 5.74) is 17.5. The lowest BCUT2D eigenvalue weighted by Crippen LogP contribution is -2.21. The van der Waals surface area contributed by atoms with E-state index in [0.29, 0.717) is 11.3 Å². The van der Waals surface area contributed by atoms with Gasteiger partial charge < -0.3 is 17.2 Å². The molecule has 0 spiro atoms. The summed E-state index contributed by atoms with van der Waals surface area (Å²) in [4.78, 5) is 9.97. The number of rotatable bonds is 3. The van der Waals surface area contributed by atoms with E-state index in [1.165, 1.54) is 18.2 Å². The van der Waals surface area contributed by atoms with Crippen LogP contribution in [0.5, 0.6) is 0 Å². The Balaban J connectivity index is 3.14. The minimum Gasteiger partial charge on any atom is -0.398 e. The van der Waals surface area contributed by atoms with Crippen molar-refractivity contribution in [1.29, 1.82) is 0 Å². The number of hydrogen-bond acceptors (Lipinski definition) is 5. The van der Waals surface area contributed by atoms with Crippen molar-refractivity contribution in [2.75, 3.05) is 12.3 Å². The molecule has 14 heavy (non-hydrogen) atoms. The van der Waals surface area contributed by atoms with Crippen LogP contribution in [0, 0.1) is 10.1 Å². The van der Waals surface area contributed by atoms with Crippen molar-refractivity contribution in [2.45, 2.75) is 6.04 Å². The van der Waals surface area contributed by atoms with Gasteiger partial charge in [-0.15, -0.1) is 0 Å². The molecule has 0 saturated carbocycles. The Morgan fingerprint density at radius 1 is 1.50 bits per heavy atom. The van der Waals surface area contributed by atoms with Crippen molar-refractivity contribution in [2.24, 2.45) is 11.5 Å². The molecule has 6 heteroatoms. The fourth-order valence-corrected chi connectivity index (χ4v) is 1.12. The molecule has 0 amide bonds. The number of nitrogens with two attached hydrogens (primary N) is 3. The van der Waals surface area contributed by atoms with Gasteiger partial charge in [0.15, 0.2) is 0 Å². The van der Waals surface area contributed by atoms with Crippen molar-refractivity contribution in [3.8, 4) is 0 Å². The Morgan fingerprint density at radius 3 is 2.64 bits per heavy atom. The molecule has 0 aliphatic rings. The standard InChI is InChI=1S/C8H12N4O2/c9-4-8(11)6-3-5(12(13)14)1-2-7(6)10/h1-3,8H,4,9-11H2. The van der Waals surface area contributed by atoms with Gasteiger partial charge >= 0.3 is 0 Å². The van der Waals surface area contributed by atoms with E-state index in [9.17, 15) is 10.1 Å². The lowest BCUT2D eigenvalue weighted by atomic mass is 10.1. The van der Waals surface area contributed by atoms with Gasteiger partial charge in [-0.3, -0.25) is 10.1 Å². The Bertz CT molecular complexity index is 353. The molecule has 1 rings (SSSR count). The monoisotopic (exact) mass is 196 g/mol. The average molecular weight is 196 g/mol. The fourth-order valence-electron chi connectivity index (χ4n) is 1.12. The number of nitro benzene ring substituents is 1. The van der Waals surface area contributed by atoms with E-state index < -0.39 is 11.0 Å². The number of nitro groups is 1. The molecule has 0 aliphatic heterocycles. The van der Waals surface area contributed by atoms with Crippen LogP contribution >= 0.6 is 0 Å². The van der Waals surface area contributed by atoms with E-state index in [2.05, 4.69) is 0 Å². The molecule has 1 aromatic carbocycles. The molecule has 0 fully saturated rings. The lowest BCUT2D eigenvalue weighted by Gasteiger charge is -2.11. The lowest BCUT2D eigenvalue weighted by molar-refractivity contribution is -0.384. The molecule has 1 unspecified atom stereocenters. The second-order valence-electron chi connectivity index (χ2n) is 2.91. The number of non-ortho nitro benzene ring substituents is 1. The Hall–Kier alpha value is -1.66. The first-order chi connectivity index (χ1) is 6.56. The van der Waals surface area contributed by atoms with Gasteiger partial charge in [0.1, 0.15) is 0 Å². The average Bonchev–Trinajstić information content (AvgIpc) is 2.17. The van der Waals surface area contributed by atoms with Gasteiger partial charge in [-0.05, 0) is 11.6 Å². The van der Waals surface area contributed by atoms with E-state index in [1.54, 1.807) is 0 Å². The van der Waals surface area contributed by atoms with Crippen LogP contribution in [0.3, 0.4) is 0 Å². The highest BCUT2D eigenvalue weighted by atomic mass is 16.6. The zero-order chi connectivity index (χ0) is 10.7. The van der Waals surface area contributed by atoms with Crippen LogP contribution < -0.4 is 17.2 Å². The van der Waals surface area contributed by atoms with Crippen LogP contribution in [0.15, 0.2) is 18.2 Å². The SMILES string of the molecule is NCC(N)c1cc([N+](=O)[O-])ccc1N. The summed E-state index contributed by atoms with van der Waals surface area (Å²) in [5, 5.41) is 10.5. The van der Waals surface area contributed by atoms with Crippen molar-refractivity contribution in [3.05, 3.63) is 33.9 Å². The zero-order valence-electron chi connectivity index (χ0n) is 7.51. The summed E-state index contributed by atoms with van der Waals surface area (Å²) in [5.74, 6) is 0. The maximum Gasteiger partial charge on any atom is 0.269 e. The molecule has 0 aliphatic carbocycles. The van der Waals surface area contributed by atoms with Gasteiger partial charge in [0, 0.05) is 30.4 Å². The number of benzene rings is 1. The summed E-state index contributed by atoms with van der Waals surface area (Å²) in [6.07, 6.45) is 0. The molecule has 1 atom stereocenters. The second kappa shape index (κ2) is 4.03. The molecule has 0 saturated heterocycles. The largest absolute Gasteiger partial charge is 0.398 e. The predicted octanol–water partition coefficient (Wildman–Crippen LogP) is 0.135. The Kier molecular flexibility index (Phi) is 3.00. The van der Waals surface area contributed by atoms with Gasteiger partial charge in [-0.2, -0.15) is 0 Å². The molecule has 6 nitrogen and oxygen atoms in total. The highest BCUT2D eigenvalue weighted by molar-refractivity contribution is 5.54. The Labute approximate surface area is 80.8 Å². The number of hydrogen-bond donors (Lipinski definition) is 3. The second-order valence-corrected chi connectivity index (χ2v) is 2.91. The molecule has 1 aromatic rings. The highest BCUT2D eigenvalue weighted by Gasteiger charge is 2.13. The molecule has 0 aromatic heterocycles. The van der Waals surface area contributed by atoms with E-state index in [1.807, 2.05) is 0 Å². The van der Waals surface area contributed by atoms with Crippen LogP contribution in [-0.2, 0) is 0 Å². The van der Waals surface area contributed by atoms with Crippen molar-refractivity contribution < 1.29 is 4.92 Å². The molecule has 6 N–H and O–H groups in total. The number of anilines is 1. The predicted molar refractivity (Wildman–Crippen MR) is 53.5 cm³/mol. The normalized spacial score (nSPS) is 12.4. The van der Waals surface area contributed by atoms with Gasteiger partial charge in [-0.25, -0.2) is 0 Å². The number of nitrogens with zero attached hydrogens (tertiary/aromatic N) is 1. The smallest absolute Gasteiger partial charge is 0.269 e. The van der Waals surface area contributed by atoms with Gasteiger partial charge in [0.05, 0.1) is 4.92 Å². The summed E-state index contributed by atoms with van der Waals surface area (Å²) >= 11 is 0. The first-order valence-corrected chi connectivity index (χ1v) is 4.05. The third-order valence-corrected chi connectivity index (χ3v) is 1.93. The minimum atomic E-state index is -0.494. The quantitative estimate of drug-likeness (QED) is 0.360. The molecule has 0 radical (unpaired) electrons. The van der Waals surface area contributed by atoms with Crippen LogP contribution in [0.2, 0.25) is 0 Å². The van der Waals surface area contributed by atoms with Crippen LogP contribution in [-0.4, -0.2) is 11.5 Å². The summed E-state index contributed by atoms with van der Waals surface area (Å²) in [6.45, 7) is 0.200. The zero-order valence-corrected chi connectivity index (χ0v) is 7.51. The van der Waals surface area contributed by atoms with Crippen molar-refractivity contribution in [3.63, 3.8) is 0 Å². The van der Waals surface area contributed by atoms with Crippen LogP contribution in [0.4, 0.5) is 11.4 Å². The third kappa shape index (κ3) is 1.98. The first kappa shape index (κ1) is 10.4. The van der Waals surface area contributed by atoms with Crippen LogP contribution in [0.1, 0.15) is 11.6 Å². The molecular weight excluding hydrogens is 184 g/mol. The van der Waals surface area contributed by atoms with Crippen molar-refractivity contribution >= 4 is 11.4 Å². The Morgan fingerprint density at radius 2 is 2.14 bits per heavy atom. The summed E-state index contributed by atoms with van der Waals surface area (Å²) in [6, 6.07) is 3.69. The highest BCUT2D eigenvalue weighted by Crippen LogP contribution is 2.23. The van der Waals surface area contributed by atoms with Crippen molar-refractivity contribution in [1.82, 2.24) is 0 Å². The minimum absolute atomic E-state index is 0.0295. The number of nitrogen functional groups attached to an aromatic ring is 1. The molecule has 0 heterocycles. The van der Waals surface area contributed by atoms with Gasteiger partial charge in [-0.1, -0.05) is 0 Å². The van der Waals surface area contributed by atoms with E-state index >= 15 is 0 Å². The summed E-state index contributed by atoms with van der Waals surface area (Å²) < 4.78 is 0.